The molecule has 2 N–H and O–H groups in total. The lowest BCUT2D eigenvalue weighted by atomic mass is 10.1. The second-order valence-electron chi connectivity index (χ2n) is 9.54. The fourth-order valence-electron chi connectivity index (χ4n) is 4.40. The summed E-state index contributed by atoms with van der Waals surface area (Å²) in [4.78, 5) is 21.4. The van der Waals surface area contributed by atoms with Crippen LogP contribution in [0.15, 0.2) is 29.3 Å². The Labute approximate surface area is 192 Å². The Kier molecular flexibility index (Phi) is 8.23. The van der Waals surface area contributed by atoms with Crippen LogP contribution in [0, 0.1) is 0 Å². The van der Waals surface area contributed by atoms with Crippen molar-refractivity contribution >= 4 is 12.1 Å². The molecule has 0 aromatic heterocycles. The first kappa shape index (κ1) is 24.2. The summed E-state index contributed by atoms with van der Waals surface area (Å²) in [5.74, 6) is 1.74. The van der Waals surface area contributed by atoms with Crippen molar-refractivity contribution in [3.8, 4) is 5.75 Å². The van der Waals surface area contributed by atoms with Crippen molar-refractivity contribution in [2.24, 2.45) is 4.99 Å². The molecule has 2 aliphatic rings. The Hall–Kier alpha value is -2.48. The Morgan fingerprint density at radius 1 is 1.19 bits per heavy atom. The predicted octanol–water partition coefficient (Wildman–Crippen LogP) is 3.01. The molecule has 2 unspecified atom stereocenters. The summed E-state index contributed by atoms with van der Waals surface area (Å²) in [6, 6.07) is 8.70. The first-order chi connectivity index (χ1) is 15.3. The molecule has 178 valence electrons. The Morgan fingerprint density at radius 3 is 2.47 bits per heavy atom. The van der Waals surface area contributed by atoms with E-state index in [2.05, 4.69) is 37.6 Å². The number of hydrogen-bond donors (Lipinski definition) is 2. The molecule has 1 aromatic carbocycles. The molecule has 8 nitrogen and oxygen atoms in total. The number of nitrogens with one attached hydrogen (secondary N) is 2. The summed E-state index contributed by atoms with van der Waals surface area (Å²) in [5.41, 5.74) is 0.785. The molecule has 2 fully saturated rings. The lowest BCUT2D eigenvalue weighted by Crippen LogP contribution is -2.46. The molecular weight excluding hydrogens is 406 g/mol. The highest BCUT2D eigenvalue weighted by molar-refractivity contribution is 5.80. The number of aliphatic imine (C=N–C) groups is 1. The summed E-state index contributed by atoms with van der Waals surface area (Å²) >= 11 is 0. The molecule has 32 heavy (non-hydrogen) atoms. The number of amides is 1. The van der Waals surface area contributed by atoms with E-state index in [-0.39, 0.29) is 18.2 Å². The summed E-state index contributed by atoms with van der Waals surface area (Å²) < 4.78 is 10.7. The van der Waals surface area contributed by atoms with Crippen molar-refractivity contribution in [3.05, 3.63) is 29.8 Å². The van der Waals surface area contributed by atoms with Gasteiger partial charge in [-0.05, 0) is 70.8 Å². The van der Waals surface area contributed by atoms with E-state index in [0.717, 1.165) is 50.9 Å². The topological polar surface area (TPSA) is 78.4 Å². The summed E-state index contributed by atoms with van der Waals surface area (Å²) in [6.45, 7) is 10.2. The number of carbonyl (C=O) groups is 1. The van der Waals surface area contributed by atoms with E-state index in [9.17, 15) is 4.79 Å². The standard InChI is InChI=1S/C24H39N5O3/c1-24(2,3)32-23(30)27-19-12-15-29(17-19)22(25-4)26-16-21(28-13-6-7-14-28)18-8-10-20(31-5)11-9-18/h8-11,19,21H,6-7,12-17H2,1-5H3,(H,25,26)(H,27,30). The number of benzene rings is 1. The second-order valence-corrected chi connectivity index (χ2v) is 9.54. The Balaban J connectivity index is 1.58. The molecular formula is C24H39N5O3. The molecule has 0 spiro atoms. The van der Waals surface area contributed by atoms with E-state index >= 15 is 0 Å². The molecule has 2 atom stereocenters. The molecule has 1 amide bonds. The van der Waals surface area contributed by atoms with Crippen molar-refractivity contribution in [2.45, 2.75) is 57.7 Å². The molecule has 0 bridgehead atoms. The number of hydrogen-bond acceptors (Lipinski definition) is 5. The molecule has 2 saturated heterocycles. The molecule has 1 aromatic rings. The summed E-state index contributed by atoms with van der Waals surface area (Å²) in [5, 5.41) is 6.57. The van der Waals surface area contributed by atoms with Gasteiger partial charge in [-0.3, -0.25) is 9.89 Å². The lowest BCUT2D eigenvalue weighted by molar-refractivity contribution is 0.0507. The van der Waals surface area contributed by atoms with Gasteiger partial charge in [0.2, 0.25) is 0 Å². The highest BCUT2D eigenvalue weighted by Gasteiger charge is 2.29. The average molecular weight is 446 g/mol. The van der Waals surface area contributed by atoms with Crippen LogP contribution in [0.1, 0.15) is 51.6 Å². The smallest absolute Gasteiger partial charge is 0.407 e. The molecule has 0 aliphatic carbocycles. The van der Waals surface area contributed by atoms with Gasteiger partial charge in [0.25, 0.3) is 0 Å². The molecule has 8 heteroatoms. The van der Waals surface area contributed by atoms with Crippen molar-refractivity contribution in [2.75, 3.05) is 46.9 Å². The van der Waals surface area contributed by atoms with Gasteiger partial charge < -0.3 is 25.0 Å². The third-order valence-electron chi connectivity index (χ3n) is 5.96. The van der Waals surface area contributed by atoms with Crippen LogP contribution in [0.3, 0.4) is 0 Å². The lowest BCUT2D eigenvalue weighted by Gasteiger charge is -2.30. The van der Waals surface area contributed by atoms with Crippen LogP contribution in [-0.2, 0) is 4.74 Å². The van der Waals surface area contributed by atoms with Crippen LogP contribution in [0.5, 0.6) is 5.75 Å². The number of rotatable bonds is 6. The summed E-state index contributed by atoms with van der Waals surface area (Å²) in [6.07, 6.45) is 2.99. The largest absolute Gasteiger partial charge is 0.497 e. The van der Waals surface area contributed by atoms with E-state index in [1.165, 1.54) is 18.4 Å². The molecule has 3 rings (SSSR count). The zero-order valence-corrected chi connectivity index (χ0v) is 20.2. The van der Waals surface area contributed by atoms with Crippen LogP contribution in [0.25, 0.3) is 0 Å². The van der Waals surface area contributed by atoms with Crippen molar-refractivity contribution < 1.29 is 14.3 Å². The van der Waals surface area contributed by atoms with Gasteiger partial charge in [0.15, 0.2) is 5.96 Å². The third kappa shape index (κ3) is 6.76. The minimum Gasteiger partial charge on any atom is -0.497 e. The van der Waals surface area contributed by atoms with Crippen molar-refractivity contribution in [3.63, 3.8) is 0 Å². The third-order valence-corrected chi connectivity index (χ3v) is 5.96. The van der Waals surface area contributed by atoms with Gasteiger partial charge in [-0.15, -0.1) is 0 Å². The van der Waals surface area contributed by atoms with Gasteiger partial charge in [-0.1, -0.05) is 12.1 Å². The van der Waals surface area contributed by atoms with E-state index in [1.807, 2.05) is 40.0 Å². The maximum atomic E-state index is 12.1. The van der Waals surface area contributed by atoms with E-state index in [4.69, 9.17) is 9.47 Å². The number of guanidine groups is 1. The van der Waals surface area contributed by atoms with Gasteiger partial charge in [0.1, 0.15) is 11.4 Å². The van der Waals surface area contributed by atoms with Crippen LogP contribution in [0.4, 0.5) is 4.79 Å². The SMILES string of the molecule is CN=C(NCC(c1ccc(OC)cc1)N1CCCC1)N1CCC(NC(=O)OC(C)(C)C)C1. The minimum absolute atomic E-state index is 0.0550. The fourth-order valence-corrected chi connectivity index (χ4v) is 4.40. The quantitative estimate of drug-likeness (QED) is 0.518. The normalized spacial score (nSPS) is 20.8. The molecule has 2 aliphatic heterocycles. The fraction of sp³-hybridized carbons (Fsp3) is 0.667. The van der Waals surface area contributed by atoms with Gasteiger partial charge in [0, 0.05) is 26.7 Å². The minimum atomic E-state index is -0.494. The molecule has 0 saturated carbocycles. The van der Waals surface area contributed by atoms with Gasteiger partial charge >= 0.3 is 6.09 Å². The van der Waals surface area contributed by atoms with Crippen LogP contribution in [-0.4, -0.2) is 80.4 Å². The van der Waals surface area contributed by atoms with Crippen LogP contribution in [0.2, 0.25) is 0 Å². The number of alkyl carbamates (subject to hydrolysis) is 1. The van der Waals surface area contributed by atoms with Crippen LogP contribution >= 0.6 is 0 Å². The Bertz CT molecular complexity index is 769. The zero-order chi connectivity index (χ0) is 23.1. The number of carbonyl (C=O) groups excluding carboxylic acids is 1. The van der Waals surface area contributed by atoms with E-state index in [1.54, 1.807) is 7.11 Å². The van der Waals surface area contributed by atoms with Gasteiger partial charge in [-0.25, -0.2) is 4.79 Å². The van der Waals surface area contributed by atoms with E-state index in [0.29, 0.717) is 0 Å². The van der Waals surface area contributed by atoms with Gasteiger partial charge in [0.05, 0.1) is 19.2 Å². The maximum absolute atomic E-state index is 12.1. The monoisotopic (exact) mass is 445 g/mol. The molecule has 0 radical (unpaired) electrons. The first-order valence-electron chi connectivity index (χ1n) is 11.6. The highest BCUT2D eigenvalue weighted by atomic mass is 16.6. The number of nitrogens with zero attached hydrogens (tertiary/aromatic N) is 3. The van der Waals surface area contributed by atoms with E-state index < -0.39 is 5.60 Å². The number of methoxy groups -OCH3 is 1. The highest BCUT2D eigenvalue weighted by Crippen LogP contribution is 2.26. The number of ether oxygens (including phenoxy) is 2. The van der Waals surface area contributed by atoms with Gasteiger partial charge in [-0.2, -0.15) is 0 Å². The van der Waals surface area contributed by atoms with Crippen molar-refractivity contribution in [1.82, 2.24) is 20.4 Å². The summed E-state index contributed by atoms with van der Waals surface area (Å²) in [7, 11) is 3.51. The molecule has 2 heterocycles. The number of likely N-dealkylation sites (tertiary alicyclic amines) is 2. The zero-order valence-electron chi connectivity index (χ0n) is 20.2. The first-order valence-corrected chi connectivity index (χ1v) is 11.6. The predicted molar refractivity (Wildman–Crippen MR) is 127 cm³/mol. The maximum Gasteiger partial charge on any atom is 0.407 e. The van der Waals surface area contributed by atoms with Crippen molar-refractivity contribution in [1.29, 1.82) is 0 Å². The van der Waals surface area contributed by atoms with Crippen LogP contribution < -0.4 is 15.4 Å². The average Bonchev–Trinajstić information content (AvgIpc) is 3.43. The Morgan fingerprint density at radius 2 is 1.88 bits per heavy atom. The second kappa shape index (κ2) is 10.9.